The number of hydrogen-bond donors (Lipinski definition) is 1. The van der Waals surface area contributed by atoms with E-state index in [1.54, 1.807) is 61.5 Å². The van der Waals surface area contributed by atoms with E-state index in [0.29, 0.717) is 31.9 Å². The lowest BCUT2D eigenvalue weighted by Gasteiger charge is -2.35. The van der Waals surface area contributed by atoms with Gasteiger partial charge < -0.3 is 10.2 Å². The topological polar surface area (TPSA) is 86.8 Å². The Morgan fingerprint density at radius 3 is 2.08 bits per heavy atom. The van der Waals surface area contributed by atoms with Crippen LogP contribution in [0.25, 0.3) is 0 Å². The summed E-state index contributed by atoms with van der Waals surface area (Å²) in [6.07, 6.45) is 5.04. The molecule has 2 amide bonds. The number of amides is 2. The maximum atomic E-state index is 14.8. The number of halogens is 3. The normalized spacial score (nSPS) is 14.2. The van der Waals surface area contributed by atoms with Crippen LogP contribution in [0.2, 0.25) is 15.1 Å². The molecule has 5 rings (SSSR count). The van der Waals surface area contributed by atoms with Crippen LogP contribution in [0.4, 0.5) is 5.69 Å². The summed E-state index contributed by atoms with van der Waals surface area (Å²) in [7, 11) is -4.24. The first-order chi connectivity index (χ1) is 23.0. The van der Waals surface area contributed by atoms with Gasteiger partial charge in [0.2, 0.25) is 11.8 Å². The molecule has 0 spiro atoms. The summed E-state index contributed by atoms with van der Waals surface area (Å²) in [5.74, 6) is -0.915. The van der Waals surface area contributed by atoms with Crippen LogP contribution in [-0.4, -0.2) is 43.8 Å². The van der Waals surface area contributed by atoms with Crippen LogP contribution >= 0.6 is 34.8 Å². The molecule has 48 heavy (non-hydrogen) atoms. The Morgan fingerprint density at radius 2 is 1.46 bits per heavy atom. The standard InChI is InChI=1S/C37H38Cl3N3O4S/c1-26-22-28(38)20-21-34(26)43(48(46,47)30-16-9-4-10-17-30)25-36(44)42(24-31-32(39)18-11-19-33(31)40)35(23-27-12-5-2-6-13-27)37(45)41-29-14-7-3-8-15-29/h2,4-6,9-13,16-22,29,35H,3,7-8,14-15,23-25H2,1H3,(H,41,45)/t35-/m1/s1. The summed E-state index contributed by atoms with van der Waals surface area (Å²) >= 11 is 19.5. The molecule has 0 radical (unpaired) electrons. The number of carbonyl (C=O) groups excluding carboxylic acids is 2. The van der Waals surface area contributed by atoms with E-state index in [1.165, 1.54) is 17.0 Å². The highest BCUT2D eigenvalue weighted by molar-refractivity contribution is 7.92. The maximum absolute atomic E-state index is 14.8. The number of benzene rings is 4. The largest absolute Gasteiger partial charge is 0.352 e. The van der Waals surface area contributed by atoms with Gasteiger partial charge in [-0.15, -0.1) is 0 Å². The van der Waals surface area contributed by atoms with Crippen molar-refractivity contribution >= 4 is 62.3 Å². The van der Waals surface area contributed by atoms with Gasteiger partial charge in [-0.25, -0.2) is 8.42 Å². The third-order valence-corrected chi connectivity index (χ3v) is 11.4. The summed E-state index contributed by atoms with van der Waals surface area (Å²) in [4.78, 5) is 30.5. The molecule has 1 N–H and O–H groups in total. The fraction of sp³-hybridized carbons (Fsp3) is 0.297. The Hall–Kier alpha value is -3.56. The van der Waals surface area contributed by atoms with Crippen LogP contribution in [0.1, 0.15) is 48.8 Å². The van der Waals surface area contributed by atoms with Gasteiger partial charge in [-0.2, -0.15) is 0 Å². The summed E-state index contributed by atoms with van der Waals surface area (Å²) in [6.45, 7) is 1.02. The fourth-order valence-electron chi connectivity index (χ4n) is 6.08. The molecule has 4 aromatic carbocycles. The zero-order valence-corrected chi connectivity index (χ0v) is 29.7. The van der Waals surface area contributed by atoms with Crippen LogP contribution in [0.5, 0.6) is 0 Å². The van der Waals surface area contributed by atoms with Crippen LogP contribution in [-0.2, 0) is 32.6 Å². The quantitative estimate of drug-likeness (QED) is 0.159. The van der Waals surface area contributed by atoms with Crippen LogP contribution in [0.15, 0.2) is 102 Å². The second-order valence-electron chi connectivity index (χ2n) is 12.0. The van der Waals surface area contributed by atoms with Gasteiger partial charge in [0.25, 0.3) is 10.0 Å². The Bertz CT molecular complexity index is 1820. The first-order valence-corrected chi connectivity index (χ1v) is 18.5. The molecular weight excluding hydrogens is 689 g/mol. The van der Waals surface area contributed by atoms with Crippen LogP contribution < -0.4 is 9.62 Å². The van der Waals surface area contributed by atoms with E-state index < -0.39 is 28.5 Å². The smallest absolute Gasteiger partial charge is 0.264 e. The van der Waals surface area contributed by atoms with E-state index >= 15 is 0 Å². The zero-order valence-electron chi connectivity index (χ0n) is 26.6. The molecule has 7 nitrogen and oxygen atoms in total. The van der Waals surface area contributed by atoms with Crippen molar-refractivity contribution in [1.29, 1.82) is 0 Å². The van der Waals surface area contributed by atoms with E-state index in [0.717, 1.165) is 42.0 Å². The van der Waals surface area contributed by atoms with Crippen molar-refractivity contribution in [3.8, 4) is 0 Å². The molecular formula is C37H38Cl3N3O4S. The highest BCUT2D eigenvalue weighted by Gasteiger charge is 2.36. The lowest BCUT2D eigenvalue weighted by molar-refractivity contribution is -0.140. The predicted octanol–water partition coefficient (Wildman–Crippen LogP) is 8.24. The number of hydrogen-bond acceptors (Lipinski definition) is 4. The second-order valence-corrected chi connectivity index (χ2v) is 15.1. The van der Waals surface area contributed by atoms with E-state index in [1.807, 2.05) is 30.3 Å². The number of nitrogens with zero attached hydrogens (tertiary/aromatic N) is 2. The minimum Gasteiger partial charge on any atom is -0.352 e. The third-order valence-electron chi connectivity index (χ3n) is 8.65. The van der Waals surface area contributed by atoms with Crippen molar-refractivity contribution in [3.05, 3.63) is 129 Å². The first kappa shape index (κ1) is 35.7. The van der Waals surface area contributed by atoms with Gasteiger partial charge in [0.1, 0.15) is 12.6 Å². The van der Waals surface area contributed by atoms with Crippen molar-refractivity contribution in [2.45, 2.75) is 69.0 Å². The molecule has 0 unspecified atom stereocenters. The number of sulfonamides is 1. The average molecular weight is 727 g/mol. The number of carbonyl (C=O) groups is 2. The highest BCUT2D eigenvalue weighted by Crippen LogP contribution is 2.31. The zero-order chi connectivity index (χ0) is 34.3. The lowest BCUT2D eigenvalue weighted by Crippen LogP contribution is -2.55. The van der Waals surface area contributed by atoms with Crippen LogP contribution in [0, 0.1) is 6.92 Å². The Labute approximate surface area is 297 Å². The summed E-state index contributed by atoms with van der Waals surface area (Å²) in [5, 5.41) is 4.28. The minimum atomic E-state index is -4.24. The van der Waals surface area contributed by atoms with Gasteiger partial charge >= 0.3 is 0 Å². The van der Waals surface area contributed by atoms with Gasteiger partial charge in [-0.3, -0.25) is 13.9 Å². The molecule has 252 valence electrons. The molecule has 1 atom stereocenters. The Kier molecular flexibility index (Phi) is 12.1. The SMILES string of the molecule is Cc1cc(Cl)ccc1N(CC(=O)N(Cc1c(Cl)cccc1Cl)[C@H](Cc1ccccc1)C(=O)NC1CCCCC1)S(=O)(=O)c1ccccc1. The highest BCUT2D eigenvalue weighted by atomic mass is 35.5. The number of nitrogens with one attached hydrogen (secondary N) is 1. The molecule has 0 saturated heterocycles. The predicted molar refractivity (Wildman–Crippen MR) is 193 cm³/mol. The van der Waals surface area contributed by atoms with Crippen LogP contribution in [0.3, 0.4) is 0 Å². The van der Waals surface area contributed by atoms with E-state index in [-0.39, 0.29) is 29.8 Å². The van der Waals surface area contributed by atoms with E-state index in [4.69, 9.17) is 34.8 Å². The third kappa shape index (κ3) is 8.72. The van der Waals surface area contributed by atoms with Crippen molar-refractivity contribution in [2.24, 2.45) is 0 Å². The molecule has 1 aliphatic rings. The van der Waals surface area contributed by atoms with Crippen molar-refractivity contribution < 1.29 is 18.0 Å². The summed E-state index contributed by atoms with van der Waals surface area (Å²) in [6, 6.07) is 26.2. The molecule has 11 heteroatoms. The number of rotatable bonds is 12. The Balaban J connectivity index is 1.60. The first-order valence-electron chi connectivity index (χ1n) is 15.9. The van der Waals surface area contributed by atoms with Gasteiger partial charge in [-0.1, -0.05) is 109 Å². The summed E-state index contributed by atoms with van der Waals surface area (Å²) in [5.41, 5.74) is 2.15. The molecule has 1 saturated carbocycles. The van der Waals surface area contributed by atoms with Crippen molar-refractivity contribution in [1.82, 2.24) is 10.2 Å². The fourth-order valence-corrected chi connectivity index (χ4v) is 8.33. The van der Waals surface area contributed by atoms with Gasteiger partial charge in [0.05, 0.1) is 10.6 Å². The molecule has 4 aromatic rings. The van der Waals surface area contributed by atoms with Gasteiger partial charge in [0.15, 0.2) is 0 Å². The molecule has 0 bridgehead atoms. The molecule has 1 fully saturated rings. The second kappa shape index (κ2) is 16.2. The molecule has 1 aliphatic carbocycles. The van der Waals surface area contributed by atoms with Crippen molar-refractivity contribution in [3.63, 3.8) is 0 Å². The molecule has 0 aliphatic heterocycles. The Morgan fingerprint density at radius 1 is 0.833 bits per heavy atom. The average Bonchev–Trinajstić information content (AvgIpc) is 3.08. The van der Waals surface area contributed by atoms with Gasteiger partial charge in [0, 0.05) is 39.6 Å². The summed E-state index contributed by atoms with van der Waals surface area (Å²) < 4.78 is 29.6. The van der Waals surface area contributed by atoms with E-state index in [9.17, 15) is 18.0 Å². The van der Waals surface area contributed by atoms with Crippen molar-refractivity contribution in [2.75, 3.05) is 10.8 Å². The van der Waals surface area contributed by atoms with Gasteiger partial charge in [-0.05, 0) is 73.4 Å². The molecule has 0 heterocycles. The number of anilines is 1. The number of aryl methyl sites for hydroxylation is 1. The van der Waals surface area contributed by atoms with E-state index in [2.05, 4.69) is 5.32 Å². The lowest BCUT2D eigenvalue weighted by atomic mass is 9.94. The minimum absolute atomic E-state index is 0.0166. The maximum Gasteiger partial charge on any atom is 0.264 e. The molecule has 0 aromatic heterocycles. The monoisotopic (exact) mass is 725 g/mol.